The highest BCUT2D eigenvalue weighted by Gasteiger charge is 2.16. The van der Waals surface area contributed by atoms with Gasteiger partial charge in [-0.3, -0.25) is 4.68 Å². The minimum atomic E-state index is 0.346. The van der Waals surface area contributed by atoms with Crippen molar-refractivity contribution in [1.82, 2.24) is 20.0 Å². The van der Waals surface area contributed by atoms with Crippen LogP contribution in [0.4, 0.5) is 0 Å². The quantitative estimate of drug-likeness (QED) is 0.719. The van der Waals surface area contributed by atoms with Gasteiger partial charge >= 0.3 is 0 Å². The van der Waals surface area contributed by atoms with Crippen LogP contribution in [-0.2, 0) is 11.3 Å². The Morgan fingerprint density at radius 1 is 1.53 bits per heavy atom. The molecular weight excluding hydrogens is 216 g/mol. The van der Waals surface area contributed by atoms with E-state index in [0.717, 1.165) is 45.8 Å². The molecule has 0 saturated carbocycles. The zero-order valence-electron chi connectivity index (χ0n) is 10.5. The Kier molecular flexibility index (Phi) is 4.97. The molecule has 1 fully saturated rings. The lowest BCUT2D eigenvalue weighted by Gasteiger charge is -2.30. The molecule has 0 bridgehead atoms. The maximum absolute atomic E-state index is 5.68. The molecule has 1 N–H and O–H groups in total. The molecule has 1 saturated heterocycles. The fourth-order valence-electron chi connectivity index (χ4n) is 2.05. The number of aromatic nitrogens is 2. The minimum Gasteiger partial charge on any atom is -0.374 e. The summed E-state index contributed by atoms with van der Waals surface area (Å²) in [6, 6.07) is 1.96. The zero-order chi connectivity index (χ0) is 11.9. The van der Waals surface area contributed by atoms with Crippen molar-refractivity contribution in [3.63, 3.8) is 0 Å². The summed E-state index contributed by atoms with van der Waals surface area (Å²) in [5.41, 5.74) is 0. The Balaban J connectivity index is 1.51. The average Bonchev–Trinajstić information content (AvgIpc) is 2.82. The van der Waals surface area contributed by atoms with Gasteiger partial charge in [-0.05, 0) is 26.1 Å². The summed E-state index contributed by atoms with van der Waals surface area (Å²) in [4.78, 5) is 2.32. The molecule has 5 heteroatoms. The van der Waals surface area contributed by atoms with Crippen molar-refractivity contribution >= 4 is 0 Å². The molecule has 1 aliphatic heterocycles. The van der Waals surface area contributed by atoms with Crippen LogP contribution >= 0.6 is 0 Å². The normalized spacial score (nSPS) is 21.8. The summed E-state index contributed by atoms with van der Waals surface area (Å²) in [5.74, 6) is 0. The number of hydrogen-bond acceptors (Lipinski definition) is 4. The van der Waals surface area contributed by atoms with Crippen LogP contribution in [0.3, 0.4) is 0 Å². The lowest BCUT2D eigenvalue weighted by molar-refractivity contribution is -0.0180. The number of morpholine rings is 1. The third kappa shape index (κ3) is 4.46. The van der Waals surface area contributed by atoms with E-state index in [4.69, 9.17) is 4.74 Å². The molecule has 2 rings (SSSR count). The summed E-state index contributed by atoms with van der Waals surface area (Å²) in [7, 11) is 2.15. The maximum Gasteiger partial charge on any atom is 0.0826 e. The first-order chi connectivity index (χ1) is 8.34. The van der Waals surface area contributed by atoms with Gasteiger partial charge in [0.1, 0.15) is 0 Å². The van der Waals surface area contributed by atoms with Crippen LogP contribution in [0, 0.1) is 0 Å². The largest absolute Gasteiger partial charge is 0.374 e. The minimum absolute atomic E-state index is 0.346. The second kappa shape index (κ2) is 6.74. The summed E-state index contributed by atoms with van der Waals surface area (Å²) in [6.07, 6.45) is 5.27. The highest BCUT2D eigenvalue weighted by Crippen LogP contribution is 2.01. The highest BCUT2D eigenvalue weighted by molar-refractivity contribution is 4.77. The van der Waals surface area contributed by atoms with Crippen molar-refractivity contribution in [3.8, 4) is 0 Å². The third-order valence-electron chi connectivity index (χ3n) is 3.01. The third-order valence-corrected chi connectivity index (χ3v) is 3.01. The molecule has 17 heavy (non-hydrogen) atoms. The van der Waals surface area contributed by atoms with E-state index in [1.54, 1.807) is 0 Å². The fraction of sp³-hybridized carbons (Fsp3) is 0.750. The van der Waals surface area contributed by atoms with Gasteiger partial charge in [0.2, 0.25) is 0 Å². The van der Waals surface area contributed by atoms with Crippen LogP contribution in [0.5, 0.6) is 0 Å². The van der Waals surface area contributed by atoms with Gasteiger partial charge in [-0.1, -0.05) is 0 Å². The molecule has 96 valence electrons. The van der Waals surface area contributed by atoms with Gasteiger partial charge < -0.3 is 15.0 Å². The summed E-state index contributed by atoms with van der Waals surface area (Å²) in [6.45, 7) is 5.89. The SMILES string of the molecule is CN1CCOC(CNCCCn2cccn2)C1. The predicted molar refractivity (Wildman–Crippen MR) is 67.0 cm³/mol. The summed E-state index contributed by atoms with van der Waals surface area (Å²) < 4.78 is 7.64. The van der Waals surface area contributed by atoms with Crippen LogP contribution in [-0.4, -0.2) is 60.6 Å². The van der Waals surface area contributed by atoms with Crippen molar-refractivity contribution in [3.05, 3.63) is 18.5 Å². The Morgan fingerprint density at radius 3 is 3.24 bits per heavy atom. The summed E-state index contributed by atoms with van der Waals surface area (Å²) in [5, 5.41) is 7.62. The highest BCUT2D eigenvalue weighted by atomic mass is 16.5. The zero-order valence-corrected chi connectivity index (χ0v) is 10.5. The van der Waals surface area contributed by atoms with Crippen molar-refractivity contribution in [2.45, 2.75) is 19.1 Å². The number of hydrogen-bond donors (Lipinski definition) is 1. The second-order valence-electron chi connectivity index (χ2n) is 4.58. The Morgan fingerprint density at radius 2 is 2.47 bits per heavy atom. The molecule has 1 aliphatic rings. The number of nitrogens with zero attached hydrogens (tertiary/aromatic N) is 3. The number of ether oxygens (including phenoxy) is 1. The molecule has 1 atom stereocenters. The molecule has 1 aromatic rings. The van der Waals surface area contributed by atoms with Crippen LogP contribution in [0.1, 0.15) is 6.42 Å². The molecule has 1 unspecified atom stereocenters. The van der Waals surface area contributed by atoms with Gasteiger partial charge in [0, 0.05) is 38.6 Å². The van der Waals surface area contributed by atoms with Gasteiger partial charge in [0.05, 0.1) is 12.7 Å². The number of nitrogens with one attached hydrogen (secondary N) is 1. The first-order valence-corrected chi connectivity index (χ1v) is 6.33. The molecular formula is C12H22N4O. The van der Waals surface area contributed by atoms with Crippen LogP contribution in [0.25, 0.3) is 0 Å². The van der Waals surface area contributed by atoms with E-state index in [2.05, 4.69) is 22.4 Å². The van der Waals surface area contributed by atoms with Crippen LogP contribution in [0.2, 0.25) is 0 Å². The van der Waals surface area contributed by atoms with Gasteiger partial charge in [0.25, 0.3) is 0 Å². The van der Waals surface area contributed by atoms with Crippen LogP contribution in [0.15, 0.2) is 18.5 Å². The van der Waals surface area contributed by atoms with Gasteiger partial charge in [-0.25, -0.2) is 0 Å². The molecule has 0 aliphatic carbocycles. The first kappa shape index (κ1) is 12.5. The smallest absolute Gasteiger partial charge is 0.0826 e. The average molecular weight is 238 g/mol. The molecule has 0 amide bonds. The van der Waals surface area contributed by atoms with Crippen molar-refractivity contribution in [1.29, 1.82) is 0 Å². The Labute approximate surface area is 103 Å². The fourth-order valence-corrected chi connectivity index (χ4v) is 2.05. The van der Waals surface area contributed by atoms with E-state index in [1.807, 2.05) is 23.1 Å². The number of rotatable bonds is 6. The van der Waals surface area contributed by atoms with Crippen molar-refractivity contribution in [2.75, 3.05) is 39.8 Å². The predicted octanol–water partition coefficient (Wildman–Crippen LogP) is 0.193. The van der Waals surface area contributed by atoms with E-state index in [1.165, 1.54) is 0 Å². The standard InChI is InChI=1S/C12H22N4O/c1-15-8-9-17-12(11-15)10-13-4-2-6-16-7-3-5-14-16/h3,5,7,12-13H,2,4,6,8-11H2,1H3. The molecule has 5 nitrogen and oxygen atoms in total. The van der Waals surface area contributed by atoms with E-state index in [-0.39, 0.29) is 0 Å². The lowest BCUT2D eigenvalue weighted by atomic mass is 10.3. The topological polar surface area (TPSA) is 42.3 Å². The van der Waals surface area contributed by atoms with E-state index in [0.29, 0.717) is 6.10 Å². The number of aryl methyl sites for hydroxylation is 1. The van der Waals surface area contributed by atoms with Crippen molar-refractivity contribution in [2.24, 2.45) is 0 Å². The Hall–Kier alpha value is -0.910. The lowest BCUT2D eigenvalue weighted by Crippen LogP contribution is -2.45. The van der Waals surface area contributed by atoms with Gasteiger partial charge in [-0.2, -0.15) is 5.10 Å². The van der Waals surface area contributed by atoms with E-state index < -0.39 is 0 Å². The number of likely N-dealkylation sites (N-methyl/N-ethyl adjacent to an activating group) is 1. The molecule has 1 aromatic heterocycles. The van der Waals surface area contributed by atoms with Gasteiger partial charge in [-0.15, -0.1) is 0 Å². The molecule has 0 spiro atoms. The van der Waals surface area contributed by atoms with Gasteiger partial charge in [0.15, 0.2) is 0 Å². The second-order valence-corrected chi connectivity index (χ2v) is 4.58. The maximum atomic E-state index is 5.68. The molecule has 0 radical (unpaired) electrons. The van der Waals surface area contributed by atoms with Crippen LogP contribution < -0.4 is 5.32 Å². The summed E-state index contributed by atoms with van der Waals surface area (Å²) >= 11 is 0. The molecule has 0 aromatic carbocycles. The first-order valence-electron chi connectivity index (χ1n) is 6.33. The molecule has 2 heterocycles. The van der Waals surface area contributed by atoms with Crippen molar-refractivity contribution < 1.29 is 4.74 Å². The van der Waals surface area contributed by atoms with E-state index >= 15 is 0 Å². The Bertz CT molecular complexity index is 301. The monoisotopic (exact) mass is 238 g/mol. The van der Waals surface area contributed by atoms with E-state index in [9.17, 15) is 0 Å².